The van der Waals surface area contributed by atoms with Crippen molar-refractivity contribution < 1.29 is 14.0 Å². The first-order valence-electron chi connectivity index (χ1n) is 7.00. The zero-order valence-electron chi connectivity index (χ0n) is 11.3. The number of benzene rings is 1. The molecule has 0 radical (unpaired) electrons. The zero-order valence-corrected chi connectivity index (χ0v) is 11.3. The Morgan fingerprint density at radius 3 is 2.50 bits per heavy atom. The molecular formula is C15H19FN2O2. The van der Waals surface area contributed by atoms with Gasteiger partial charge in [-0.05, 0) is 30.9 Å². The van der Waals surface area contributed by atoms with Crippen molar-refractivity contribution in [2.45, 2.75) is 32.1 Å². The quantitative estimate of drug-likeness (QED) is 0.834. The van der Waals surface area contributed by atoms with Crippen LogP contribution in [0.3, 0.4) is 0 Å². The van der Waals surface area contributed by atoms with E-state index in [4.69, 9.17) is 0 Å². The second-order valence-corrected chi connectivity index (χ2v) is 5.15. The maximum Gasteiger partial charge on any atom is 0.313 e. The fraction of sp³-hybridized carbons (Fsp3) is 0.467. The molecule has 108 valence electrons. The Morgan fingerprint density at radius 2 is 1.80 bits per heavy atom. The summed E-state index contributed by atoms with van der Waals surface area (Å²) in [6.45, 7) is 0.517. The van der Waals surface area contributed by atoms with Crippen LogP contribution >= 0.6 is 0 Å². The second-order valence-electron chi connectivity index (χ2n) is 5.15. The number of carbonyl (C=O) groups excluding carboxylic acids is 2. The van der Waals surface area contributed by atoms with Gasteiger partial charge in [-0.15, -0.1) is 0 Å². The number of amides is 2. The van der Waals surface area contributed by atoms with Crippen molar-refractivity contribution in [3.8, 4) is 0 Å². The summed E-state index contributed by atoms with van der Waals surface area (Å²) in [4.78, 5) is 23.3. The first-order valence-corrected chi connectivity index (χ1v) is 7.00. The summed E-state index contributed by atoms with van der Waals surface area (Å²) in [6, 6.07) is 5.77. The largest absolute Gasteiger partial charge is 0.348 e. The van der Waals surface area contributed by atoms with E-state index in [9.17, 15) is 14.0 Å². The van der Waals surface area contributed by atoms with Gasteiger partial charge in [0.15, 0.2) is 0 Å². The molecule has 5 heteroatoms. The minimum Gasteiger partial charge on any atom is -0.348 e. The molecule has 1 aromatic carbocycles. The van der Waals surface area contributed by atoms with E-state index in [-0.39, 0.29) is 5.69 Å². The molecule has 0 spiro atoms. The number of rotatable bonds is 3. The third kappa shape index (κ3) is 4.05. The molecule has 1 aliphatic rings. The molecule has 2 amide bonds. The maximum atomic E-state index is 13.3. The molecule has 1 fully saturated rings. The Morgan fingerprint density at radius 1 is 1.10 bits per heavy atom. The Labute approximate surface area is 117 Å². The average molecular weight is 278 g/mol. The van der Waals surface area contributed by atoms with E-state index < -0.39 is 17.6 Å². The predicted octanol–water partition coefficient (Wildman–Crippen LogP) is 2.46. The van der Waals surface area contributed by atoms with Gasteiger partial charge >= 0.3 is 11.8 Å². The highest BCUT2D eigenvalue weighted by atomic mass is 19.1. The lowest BCUT2D eigenvalue weighted by atomic mass is 9.89. The summed E-state index contributed by atoms with van der Waals surface area (Å²) in [7, 11) is 0. The minimum absolute atomic E-state index is 0.0188. The van der Waals surface area contributed by atoms with Gasteiger partial charge in [0.25, 0.3) is 0 Å². The van der Waals surface area contributed by atoms with E-state index in [2.05, 4.69) is 10.6 Å². The third-order valence-corrected chi connectivity index (χ3v) is 3.60. The molecular weight excluding hydrogens is 259 g/mol. The van der Waals surface area contributed by atoms with E-state index in [0.29, 0.717) is 12.5 Å². The van der Waals surface area contributed by atoms with Gasteiger partial charge < -0.3 is 10.6 Å². The van der Waals surface area contributed by atoms with E-state index >= 15 is 0 Å². The standard InChI is InChI=1S/C15H19FN2O2/c16-12-8-4-5-9-13(12)18-15(20)14(19)17-10-11-6-2-1-3-7-11/h4-5,8-9,11H,1-3,6-7,10H2,(H,17,19)(H,18,20). The first-order chi connectivity index (χ1) is 9.66. The monoisotopic (exact) mass is 278 g/mol. The topological polar surface area (TPSA) is 58.2 Å². The summed E-state index contributed by atoms with van der Waals surface area (Å²) in [5, 5.41) is 4.89. The molecule has 1 saturated carbocycles. The van der Waals surface area contributed by atoms with Crippen LogP contribution in [0.25, 0.3) is 0 Å². The molecule has 2 N–H and O–H groups in total. The number of carbonyl (C=O) groups is 2. The third-order valence-electron chi connectivity index (χ3n) is 3.60. The van der Waals surface area contributed by atoms with Gasteiger partial charge in [0.05, 0.1) is 5.69 Å². The highest BCUT2D eigenvalue weighted by Crippen LogP contribution is 2.22. The van der Waals surface area contributed by atoms with Gasteiger partial charge in [0.1, 0.15) is 5.82 Å². The number of hydrogen-bond acceptors (Lipinski definition) is 2. The smallest absolute Gasteiger partial charge is 0.313 e. The lowest BCUT2D eigenvalue weighted by Gasteiger charge is -2.21. The molecule has 0 unspecified atom stereocenters. The van der Waals surface area contributed by atoms with Crippen LogP contribution in [0.1, 0.15) is 32.1 Å². The van der Waals surface area contributed by atoms with Gasteiger partial charge in [0.2, 0.25) is 0 Å². The summed E-state index contributed by atoms with van der Waals surface area (Å²) in [5.41, 5.74) is 0.0188. The van der Waals surface area contributed by atoms with Crippen molar-refractivity contribution in [2.24, 2.45) is 5.92 Å². The van der Waals surface area contributed by atoms with Crippen LogP contribution in [0.5, 0.6) is 0 Å². The first kappa shape index (κ1) is 14.5. The molecule has 0 heterocycles. The average Bonchev–Trinajstić information content (AvgIpc) is 2.48. The molecule has 2 rings (SSSR count). The van der Waals surface area contributed by atoms with Gasteiger partial charge in [-0.25, -0.2) is 4.39 Å². The summed E-state index contributed by atoms with van der Waals surface area (Å²) < 4.78 is 13.3. The van der Waals surface area contributed by atoms with Crippen LogP contribution in [0.2, 0.25) is 0 Å². The van der Waals surface area contributed by atoms with Crippen LogP contribution < -0.4 is 10.6 Å². The molecule has 4 nitrogen and oxygen atoms in total. The Hall–Kier alpha value is -1.91. The van der Waals surface area contributed by atoms with Crippen molar-refractivity contribution in [1.82, 2.24) is 5.32 Å². The normalized spacial score (nSPS) is 15.7. The van der Waals surface area contributed by atoms with Gasteiger partial charge in [-0.2, -0.15) is 0 Å². The number of hydrogen-bond donors (Lipinski definition) is 2. The number of halogens is 1. The van der Waals surface area contributed by atoms with Crippen molar-refractivity contribution in [3.05, 3.63) is 30.1 Å². The fourth-order valence-corrected chi connectivity index (χ4v) is 2.45. The Balaban J connectivity index is 1.80. The molecule has 0 aliphatic heterocycles. The summed E-state index contributed by atoms with van der Waals surface area (Å²) in [6.07, 6.45) is 5.80. The molecule has 1 aromatic rings. The molecule has 20 heavy (non-hydrogen) atoms. The lowest BCUT2D eigenvalue weighted by molar-refractivity contribution is -0.136. The number of anilines is 1. The summed E-state index contributed by atoms with van der Waals surface area (Å²) >= 11 is 0. The zero-order chi connectivity index (χ0) is 14.4. The highest BCUT2D eigenvalue weighted by molar-refractivity contribution is 6.39. The van der Waals surface area contributed by atoms with Crippen molar-refractivity contribution in [1.29, 1.82) is 0 Å². The lowest BCUT2D eigenvalue weighted by Crippen LogP contribution is -2.38. The van der Waals surface area contributed by atoms with E-state index in [0.717, 1.165) is 12.8 Å². The predicted molar refractivity (Wildman–Crippen MR) is 74.6 cm³/mol. The van der Waals surface area contributed by atoms with Gasteiger partial charge in [-0.1, -0.05) is 31.4 Å². The van der Waals surface area contributed by atoms with Gasteiger partial charge in [-0.3, -0.25) is 9.59 Å². The van der Waals surface area contributed by atoms with E-state index in [1.54, 1.807) is 6.07 Å². The maximum absolute atomic E-state index is 13.3. The molecule has 0 atom stereocenters. The Kier molecular flexibility index (Phi) is 5.09. The SMILES string of the molecule is O=C(NCC1CCCCC1)C(=O)Nc1ccccc1F. The molecule has 0 aromatic heterocycles. The number of nitrogens with one attached hydrogen (secondary N) is 2. The van der Waals surface area contributed by atoms with Gasteiger partial charge in [0, 0.05) is 6.54 Å². The van der Waals surface area contributed by atoms with Crippen molar-refractivity contribution in [2.75, 3.05) is 11.9 Å². The number of para-hydroxylation sites is 1. The Bertz CT molecular complexity index is 485. The highest BCUT2D eigenvalue weighted by Gasteiger charge is 2.18. The van der Waals surface area contributed by atoms with Crippen molar-refractivity contribution >= 4 is 17.5 Å². The van der Waals surface area contributed by atoms with Crippen LogP contribution in [0.15, 0.2) is 24.3 Å². The molecule has 0 saturated heterocycles. The minimum atomic E-state index is -0.828. The molecule has 0 bridgehead atoms. The summed E-state index contributed by atoms with van der Waals surface area (Å²) in [5.74, 6) is -1.64. The fourth-order valence-electron chi connectivity index (χ4n) is 2.45. The van der Waals surface area contributed by atoms with Crippen LogP contribution in [0, 0.1) is 11.7 Å². The van der Waals surface area contributed by atoms with Crippen molar-refractivity contribution in [3.63, 3.8) is 0 Å². The van der Waals surface area contributed by atoms with E-state index in [1.165, 1.54) is 37.5 Å². The molecule has 1 aliphatic carbocycles. The van der Waals surface area contributed by atoms with Crippen LogP contribution in [-0.2, 0) is 9.59 Å². The van der Waals surface area contributed by atoms with E-state index in [1.807, 2.05) is 0 Å². The van der Waals surface area contributed by atoms with Crippen LogP contribution in [0.4, 0.5) is 10.1 Å². The van der Waals surface area contributed by atoms with Crippen LogP contribution in [-0.4, -0.2) is 18.4 Å². The second kappa shape index (κ2) is 7.03.